The highest BCUT2D eigenvalue weighted by Crippen LogP contribution is 2.21. The highest BCUT2D eigenvalue weighted by molar-refractivity contribution is 6.35. The van der Waals surface area contributed by atoms with Gasteiger partial charge in [-0.3, -0.25) is 4.79 Å². The molecule has 0 bridgehead atoms. The Morgan fingerprint density at radius 1 is 1.31 bits per heavy atom. The molecule has 0 aliphatic carbocycles. The Bertz CT molecular complexity index is 680. The predicted octanol–water partition coefficient (Wildman–Crippen LogP) is 2.70. The Hall–Kier alpha value is -1.54. The Morgan fingerprint density at radius 3 is 2.83 bits per heavy atom. The molecule has 1 unspecified atom stereocenters. The fraction of sp³-hybridized carbons (Fsp3) is 0.600. The van der Waals surface area contributed by atoms with Crippen LogP contribution < -0.4 is 10.6 Å². The third kappa shape index (κ3) is 9.21. The Labute approximate surface area is 182 Å². The number of nitrogens with zero attached hydrogens (tertiary/aromatic N) is 2. The van der Waals surface area contributed by atoms with Gasteiger partial charge >= 0.3 is 0 Å². The number of hydrogen-bond donors (Lipinski definition) is 2. The molecule has 1 heterocycles. The Kier molecular flexibility index (Phi) is 10.6. The van der Waals surface area contributed by atoms with Crippen LogP contribution in [0.1, 0.15) is 24.8 Å². The molecule has 0 spiro atoms. The van der Waals surface area contributed by atoms with Gasteiger partial charge in [-0.15, -0.1) is 0 Å². The number of likely N-dealkylation sites (N-methyl/N-ethyl adjacent to an activating group) is 1. The van der Waals surface area contributed by atoms with Gasteiger partial charge in [0.25, 0.3) is 0 Å². The van der Waals surface area contributed by atoms with Crippen LogP contribution in [-0.4, -0.2) is 69.8 Å². The average Bonchev–Trinajstić information content (AvgIpc) is 2.71. The van der Waals surface area contributed by atoms with Crippen molar-refractivity contribution in [3.05, 3.63) is 33.8 Å². The van der Waals surface area contributed by atoms with Crippen molar-refractivity contribution in [3.8, 4) is 0 Å². The van der Waals surface area contributed by atoms with E-state index in [0.29, 0.717) is 42.3 Å². The van der Waals surface area contributed by atoms with Gasteiger partial charge in [-0.2, -0.15) is 0 Å². The van der Waals surface area contributed by atoms with Crippen molar-refractivity contribution >= 4 is 35.1 Å². The first-order valence-corrected chi connectivity index (χ1v) is 10.6. The van der Waals surface area contributed by atoms with Crippen LogP contribution in [0, 0.1) is 0 Å². The van der Waals surface area contributed by atoms with Crippen LogP contribution in [0.4, 0.5) is 0 Å². The summed E-state index contributed by atoms with van der Waals surface area (Å²) in [6.07, 6.45) is 3.49. The van der Waals surface area contributed by atoms with Crippen molar-refractivity contribution in [2.75, 3.05) is 46.9 Å². The summed E-state index contributed by atoms with van der Waals surface area (Å²) < 4.78 is 11.4. The van der Waals surface area contributed by atoms with E-state index in [1.54, 1.807) is 26.2 Å². The molecule has 0 saturated carbocycles. The van der Waals surface area contributed by atoms with Crippen LogP contribution in [0.25, 0.3) is 0 Å². The van der Waals surface area contributed by atoms with Gasteiger partial charge in [-0.1, -0.05) is 29.3 Å². The van der Waals surface area contributed by atoms with Crippen LogP contribution in [0.15, 0.2) is 23.2 Å². The SMILES string of the molecule is CN(C)C(=O)CN=C(NCCOCc1ccc(Cl)cc1Cl)NCC1CCCCO1. The summed E-state index contributed by atoms with van der Waals surface area (Å²) in [6.45, 7) is 2.93. The number of carbonyl (C=O) groups excluding carboxylic acids is 1. The minimum atomic E-state index is -0.0614. The molecule has 1 aliphatic rings. The highest BCUT2D eigenvalue weighted by atomic mass is 35.5. The molecule has 29 heavy (non-hydrogen) atoms. The van der Waals surface area contributed by atoms with Crippen LogP contribution in [0.3, 0.4) is 0 Å². The molecule has 1 fully saturated rings. The number of carbonyl (C=O) groups is 1. The maximum atomic E-state index is 11.8. The third-order valence-electron chi connectivity index (χ3n) is 4.45. The minimum absolute atomic E-state index is 0.0614. The summed E-state index contributed by atoms with van der Waals surface area (Å²) >= 11 is 12.0. The lowest BCUT2D eigenvalue weighted by Gasteiger charge is -2.24. The molecule has 0 radical (unpaired) electrons. The van der Waals surface area contributed by atoms with Gasteiger partial charge in [0.15, 0.2) is 5.96 Å². The molecule has 1 aliphatic heterocycles. The first-order valence-electron chi connectivity index (χ1n) is 9.81. The van der Waals surface area contributed by atoms with E-state index in [2.05, 4.69) is 15.6 Å². The van der Waals surface area contributed by atoms with Gasteiger partial charge in [-0.05, 0) is 37.0 Å². The lowest BCUT2D eigenvalue weighted by atomic mass is 10.1. The maximum Gasteiger partial charge on any atom is 0.243 e. The zero-order valence-electron chi connectivity index (χ0n) is 17.0. The lowest BCUT2D eigenvalue weighted by Crippen LogP contribution is -2.44. The number of rotatable bonds is 9. The Balaban J connectivity index is 1.77. The summed E-state index contributed by atoms with van der Waals surface area (Å²) in [6, 6.07) is 5.33. The number of aliphatic imine (C=N–C) groups is 1. The van der Waals surface area contributed by atoms with Gasteiger partial charge in [0.1, 0.15) is 6.54 Å². The van der Waals surface area contributed by atoms with Gasteiger partial charge in [0.2, 0.25) is 5.91 Å². The molecule has 2 rings (SSSR count). The fourth-order valence-corrected chi connectivity index (χ4v) is 3.17. The monoisotopic (exact) mass is 444 g/mol. The second-order valence-electron chi connectivity index (χ2n) is 7.04. The van der Waals surface area contributed by atoms with Crippen molar-refractivity contribution in [2.24, 2.45) is 4.99 Å². The Morgan fingerprint density at radius 2 is 2.14 bits per heavy atom. The molecular weight excluding hydrogens is 415 g/mol. The van der Waals surface area contributed by atoms with Gasteiger partial charge in [0.05, 0.1) is 19.3 Å². The number of benzene rings is 1. The third-order valence-corrected chi connectivity index (χ3v) is 5.04. The normalized spacial score (nSPS) is 17.1. The van der Waals surface area contributed by atoms with Crippen molar-refractivity contribution in [1.82, 2.24) is 15.5 Å². The van der Waals surface area contributed by atoms with E-state index in [4.69, 9.17) is 32.7 Å². The van der Waals surface area contributed by atoms with E-state index in [-0.39, 0.29) is 18.6 Å². The number of ether oxygens (including phenoxy) is 2. The zero-order valence-corrected chi connectivity index (χ0v) is 18.6. The quantitative estimate of drug-likeness (QED) is 0.347. The molecular formula is C20H30Cl2N4O3. The first-order chi connectivity index (χ1) is 14.0. The van der Waals surface area contributed by atoms with E-state index >= 15 is 0 Å². The molecule has 0 aromatic heterocycles. The second kappa shape index (κ2) is 12.9. The molecule has 162 valence electrons. The van der Waals surface area contributed by atoms with Crippen molar-refractivity contribution in [3.63, 3.8) is 0 Å². The van der Waals surface area contributed by atoms with E-state index in [1.807, 2.05) is 6.07 Å². The zero-order chi connectivity index (χ0) is 21.1. The van der Waals surface area contributed by atoms with E-state index in [1.165, 1.54) is 11.3 Å². The molecule has 2 N–H and O–H groups in total. The summed E-state index contributed by atoms with van der Waals surface area (Å²) in [7, 11) is 3.42. The van der Waals surface area contributed by atoms with Crippen LogP contribution >= 0.6 is 23.2 Å². The number of halogens is 2. The maximum absolute atomic E-state index is 11.8. The predicted molar refractivity (Wildman–Crippen MR) is 117 cm³/mol. The van der Waals surface area contributed by atoms with Crippen LogP contribution in [-0.2, 0) is 20.9 Å². The summed E-state index contributed by atoms with van der Waals surface area (Å²) in [5.41, 5.74) is 0.883. The fourth-order valence-electron chi connectivity index (χ4n) is 2.70. The highest BCUT2D eigenvalue weighted by Gasteiger charge is 2.14. The van der Waals surface area contributed by atoms with E-state index in [0.717, 1.165) is 25.0 Å². The van der Waals surface area contributed by atoms with E-state index in [9.17, 15) is 4.79 Å². The molecule has 9 heteroatoms. The molecule has 1 aromatic rings. The number of amides is 1. The van der Waals surface area contributed by atoms with Crippen molar-refractivity contribution < 1.29 is 14.3 Å². The van der Waals surface area contributed by atoms with E-state index < -0.39 is 0 Å². The van der Waals surface area contributed by atoms with Gasteiger partial charge in [-0.25, -0.2) is 4.99 Å². The molecule has 1 saturated heterocycles. The smallest absolute Gasteiger partial charge is 0.243 e. The van der Waals surface area contributed by atoms with Crippen molar-refractivity contribution in [2.45, 2.75) is 32.0 Å². The topological polar surface area (TPSA) is 75.2 Å². The summed E-state index contributed by atoms with van der Waals surface area (Å²) in [5, 5.41) is 7.64. The summed E-state index contributed by atoms with van der Waals surface area (Å²) in [4.78, 5) is 17.7. The molecule has 1 atom stereocenters. The minimum Gasteiger partial charge on any atom is -0.376 e. The summed E-state index contributed by atoms with van der Waals surface area (Å²) in [5.74, 6) is 0.510. The van der Waals surface area contributed by atoms with Crippen LogP contribution in [0.2, 0.25) is 10.0 Å². The van der Waals surface area contributed by atoms with Crippen molar-refractivity contribution in [1.29, 1.82) is 0 Å². The van der Waals surface area contributed by atoms with Gasteiger partial charge in [0, 0.05) is 43.8 Å². The lowest BCUT2D eigenvalue weighted by molar-refractivity contribution is -0.127. The molecule has 1 aromatic carbocycles. The standard InChI is InChI=1S/C20H30Cl2N4O3/c1-26(2)19(27)13-25-20(24-12-17-5-3-4-9-29-17)23-8-10-28-14-15-6-7-16(21)11-18(15)22/h6-7,11,17H,3-5,8-10,12-14H2,1-2H3,(H2,23,24,25). The van der Waals surface area contributed by atoms with Gasteiger partial charge < -0.3 is 25.0 Å². The number of hydrogen-bond acceptors (Lipinski definition) is 4. The number of nitrogens with one attached hydrogen (secondary N) is 2. The second-order valence-corrected chi connectivity index (χ2v) is 7.88. The first kappa shape index (κ1) is 23.7. The van der Waals surface area contributed by atoms with Crippen LogP contribution in [0.5, 0.6) is 0 Å². The molecule has 1 amide bonds. The number of guanidine groups is 1. The molecule has 7 nitrogen and oxygen atoms in total. The average molecular weight is 445 g/mol. The largest absolute Gasteiger partial charge is 0.376 e.